The summed E-state index contributed by atoms with van der Waals surface area (Å²) in [6.45, 7) is 0.181. The number of alkyl halides is 1. The number of amides is 1. The van der Waals surface area contributed by atoms with Gasteiger partial charge in [-0.15, -0.1) is 0 Å². The first-order valence-corrected chi connectivity index (χ1v) is 8.10. The monoisotopic (exact) mass is 345 g/mol. The molecule has 1 aliphatic rings. The Hall–Kier alpha value is -2.60. The molecule has 25 heavy (non-hydrogen) atoms. The minimum Gasteiger partial charge on any atom is -0.489 e. The zero-order chi connectivity index (χ0) is 17.9. The summed E-state index contributed by atoms with van der Waals surface area (Å²) in [6.07, 6.45) is -2.83. The minimum atomic E-state index is -1.68. The second-order valence-electron chi connectivity index (χ2n) is 6.17. The average molecular weight is 345 g/mol. The molecular weight excluding hydrogens is 325 g/mol. The van der Waals surface area contributed by atoms with Crippen LogP contribution >= 0.6 is 0 Å². The highest BCUT2D eigenvalue weighted by atomic mass is 19.1. The van der Waals surface area contributed by atoms with Gasteiger partial charge >= 0.3 is 6.09 Å². The number of carboxylic acid groups (broad SMARTS) is 1. The van der Waals surface area contributed by atoms with Crippen LogP contribution in [0.2, 0.25) is 0 Å². The Balaban J connectivity index is 1.66. The Labute approximate surface area is 145 Å². The van der Waals surface area contributed by atoms with Crippen LogP contribution in [0.5, 0.6) is 5.75 Å². The zero-order valence-electron chi connectivity index (χ0n) is 13.6. The number of halogens is 1. The maximum atomic E-state index is 14.4. The minimum absolute atomic E-state index is 0.0185. The Morgan fingerprint density at radius 1 is 1.20 bits per heavy atom. The lowest BCUT2D eigenvalue weighted by Gasteiger charge is -2.40. The summed E-state index contributed by atoms with van der Waals surface area (Å²) in [5.74, 6) is 0.620. The first-order chi connectivity index (χ1) is 12.0. The van der Waals surface area contributed by atoms with Crippen LogP contribution < -0.4 is 4.74 Å². The van der Waals surface area contributed by atoms with E-state index in [1.54, 1.807) is 24.3 Å². The average Bonchev–Trinajstić information content (AvgIpc) is 2.63. The van der Waals surface area contributed by atoms with Crippen molar-refractivity contribution in [2.24, 2.45) is 0 Å². The van der Waals surface area contributed by atoms with Crippen LogP contribution in [0.25, 0.3) is 0 Å². The molecule has 1 aliphatic heterocycles. The van der Waals surface area contributed by atoms with E-state index in [2.05, 4.69) is 0 Å². The third-order valence-electron chi connectivity index (χ3n) is 4.53. The molecule has 1 fully saturated rings. The van der Waals surface area contributed by atoms with E-state index in [-0.39, 0.29) is 19.5 Å². The number of benzene rings is 2. The Kier molecular flexibility index (Phi) is 4.90. The van der Waals surface area contributed by atoms with Crippen LogP contribution in [0.1, 0.15) is 17.5 Å². The molecule has 0 saturated carbocycles. The summed E-state index contributed by atoms with van der Waals surface area (Å²) in [4.78, 5) is 11.9. The van der Waals surface area contributed by atoms with E-state index < -0.39 is 17.9 Å². The largest absolute Gasteiger partial charge is 0.489 e. The lowest BCUT2D eigenvalue weighted by atomic mass is 9.83. The van der Waals surface area contributed by atoms with Crippen LogP contribution in [0.4, 0.5) is 9.18 Å². The number of likely N-dealkylation sites (tertiary alicyclic amines) is 1. The van der Waals surface area contributed by atoms with Crippen LogP contribution in [0.15, 0.2) is 54.6 Å². The summed E-state index contributed by atoms with van der Waals surface area (Å²) >= 11 is 0. The first-order valence-electron chi connectivity index (χ1n) is 8.10. The molecule has 2 aromatic rings. The van der Waals surface area contributed by atoms with Gasteiger partial charge in [-0.25, -0.2) is 9.18 Å². The molecular formula is C19H20FNO4. The van der Waals surface area contributed by atoms with Crippen LogP contribution in [0, 0.1) is 0 Å². The molecule has 0 aliphatic carbocycles. The smallest absolute Gasteiger partial charge is 0.407 e. The van der Waals surface area contributed by atoms with E-state index >= 15 is 0 Å². The van der Waals surface area contributed by atoms with E-state index in [9.17, 15) is 14.3 Å². The third-order valence-corrected chi connectivity index (χ3v) is 4.53. The number of carbonyl (C=O) groups is 1. The number of piperidine rings is 1. The molecule has 2 N–H and O–H groups in total. The van der Waals surface area contributed by atoms with Crippen molar-refractivity contribution in [2.45, 2.75) is 24.8 Å². The maximum absolute atomic E-state index is 14.4. The van der Waals surface area contributed by atoms with Gasteiger partial charge in [0.2, 0.25) is 0 Å². The molecule has 1 saturated heterocycles. The summed E-state index contributed by atoms with van der Waals surface area (Å²) in [7, 11) is 0. The van der Waals surface area contributed by atoms with Gasteiger partial charge in [-0.1, -0.05) is 42.5 Å². The molecule has 0 spiro atoms. The van der Waals surface area contributed by atoms with Crippen LogP contribution in [0.3, 0.4) is 0 Å². The zero-order valence-corrected chi connectivity index (χ0v) is 13.6. The van der Waals surface area contributed by atoms with E-state index in [0.717, 1.165) is 10.5 Å². The predicted molar refractivity (Wildman–Crippen MR) is 90.2 cm³/mol. The van der Waals surface area contributed by atoms with Gasteiger partial charge in [0.05, 0.1) is 6.54 Å². The standard InChI is InChI=1S/C19H20FNO4/c20-17-12-21(18(22)23)11-10-19(17,24)15-6-8-16(9-7-15)25-13-14-4-2-1-3-5-14/h1-9,17,24H,10-13H2,(H,22,23). The summed E-state index contributed by atoms with van der Waals surface area (Å²) in [5, 5.41) is 19.6. The van der Waals surface area contributed by atoms with Gasteiger partial charge in [-0.05, 0) is 23.3 Å². The molecule has 0 aromatic heterocycles. The normalized spacial score (nSPS) is 23.3. The fourth-order valence-corrected chi connectivity index (χ4v) is 2.98. The van der Waals surface area contributed by atoms with Crippen molar-refractivity contribution in [1.29, 1.82) is 0 Å². The molecule has 6 heteroatoms. The van der Waals surface area contributed by atoms with E-state index in [0.29, 0.717) is 17.9 Å². The summed E-state index contributed by atoms with van der Waals surface area (Å²) < 4.78 is 20.1. The van der Waals surface area contributed by atoms with E-state index in [1.165, 1.54) is 0 Å². The van der Waals surface area contributed by atoms with Crippen LogP contribution in [-0.4, -0.2) is 40.5 Å². The predicted octanol–water partition coefficient (Wildman–Crippen LogP) is 3.18. The molecule has 132 valence electrons. The highest BCUT2D eigenvalue weighted by Gasteiger charge is 2.44. The van der Waals surface area contributed by atoms with Gasteiger partial charge in [0.25, 0.3) is 0 Å². The van der Waals surface area contributed by atoms with Crippen molar-refractivity contribution in [3.05, 3.63) is 65.7 Å². The van der Waals surface area contributed by atoms with Gasteiger partial charge in [-0.3, -0.25) is 0 Å². The van der Waals surface area contributed by atoms with E-state index in [4.69, 9.17) is 9.84 Å². The molecule has 5 nitrogen and oxygen atoms in total. The third kappa shape index (κ3) is 3.74. The molecule has 0 radical (unpaired) electrons. The molecule has 2 unspecified atom stereocenters. The number of hydrogen-bond donors (Lipinski definition) is 2. The van der Waals surface area contributed by atoms with Gasteiger partial charge in [0.1, 0.15) is 18.0 Å². The Morgan fingerprint density at radius 3 is 2.48 bits per heavy atom. The molecule has 2 aromatic carbocycles. The first kappa shape index (κ1) is 17.2. The molecule has 1 heterocycles. The van der Waals surface area contributed by atoms with Gasteiger partial charge in [-0.2, -0.15) is 0 Å². The van der Waals surface area contributed by atoms with Crippen molar-refractivity contribution in [3.63, 3.8) is 0 Å². The van der Waals surface area contributed by atoms with Crippen molar-refractivity contribution in [3.8, 4) is 5.75 Å². The SMILES string of the molecule is O=C(O)N1CCC(O)(c2ccc(OCc3ccccc3)cc2)C(F)C1. The number of hydrogen-bond acceptors (Lipinski definition) is 3. The number of ether oxygens (including phenoxy) is 1. The Bertz CT molecular complexity index is 722. The topological polar surface area (TPSA) is 70.0 Å². The molecule has 1 amide bonds. The van der Waals surface area contributed by atoms with Crippen molar-refractivity contribution >= 4 is 6.09 Å². The lowest BCUT2D eigenvalue weighted by Crippen LogP contribution is -2.52. The van der Waals surface area contributed by atoms with Crippen molar-refractivity contribution in [1.82, 2.24) is 4.90 Å². The summed E-state index contributed by atoms with van der Waals surface area (Å²) in [6, 6.07) is 16.3. The quantitative estimate of drug-likeness (QED) is 0.893. The number of rotatable bonds is 4. The molecule has 3 rings (SSSR count). The fourth-order valence-electron chi connectivity index (χ4n) is 2.98. The summed E-state index contributed by atoms with van der Waals surface area (Å²) in [5.41, 5.74) is -0.212. The van der Waals surface area contributed by atoms with E-state index in [1.807, 2.05) is 30.3 Å². The highest BCUT2D eigenvalue weighted by molar-refractivity contribution is 5.65. The van der Waals surface area contributed by atoms with Crippen molar-refractivity contribution < 1.29 is 24.1 Å². The fraction of sp³-hybridized carbons (Fsp3) is 0.316. The van der Waals surface area contributed by atoms with Crippen molar-refractivity contribution in [2.75, 3.05) is 13.1 Å². The van der Waals surface area contributed by atoms with Gasteiger partial charge < -0.3 is 19.8 Å². The highest BCUT2D eigenvalue weighted by Crippen LogP contribution is 2.35. The van der Waals surface area contributed by atoms with Gasteiger partial charge in [0.15, 0.2) is 6.17 Å². The maximum Gasteiger partial charge on any atom is 0.407 e. The second-order valence-corrected chi connectivity index (χ2v) is 6.17. The molecule has 0 bridgehead atoms. The Morgan fingerprint density at radius 2 is 1.88 bits per heavy atom. The van der Waals surface area contributed by atoms with Crippen LogP contribution in [-0.2, 0) is 12.2 Å². The number of nitrogens with zero attached hydrogens (tertiary/aromatic N) is 1. The van der Waals surface area contributed by atoms with Gasteiger partial charge in [0, 0.05) is 13.0 Å². The lowest BCUT2D eigenvalue weighted by molar-refractivity contribution is -0.0848. The molecule has 2 atom stereocenters. The second kappa shape index (κ2) is 7.11. The number of aliphatic hydroxyl groups is 1.